The van der Waals surface area contributed by atoms with E-state index in [1.807, 2.05) is 0 Å². The van der Waals surface area contributed by atoms with Crippen LogP contribution in [0.15, 0.2) is 0 Å². The Kier molecular flexibility index (Phi) is 6.78. The number of rotatable bonds is 6. The van der Waals surface area contributed by atoms with Crippen molar-refractivity contribution in [1.29, 1.82) is 0 Å². The van der Waals surface area contributed by atoms with Crippen molar-refractivity contribution in [3.05, 3.63) is 0 Å². The summed E-state index contributed by atoms with van der Waals surface area (Å²) in [7, 11) is 2.09. The normalized spacial score (nSPS) is 21.0. The minimum Gasteiger partial charge on any atom is -0.316 e. The second-order valence-corrected chi connectivity index (χ2v) is 7.53. The summed E-state index contributed by atoms with van der Waals surface area (Å²) in [6, 6.07) is 0.612. The summed E-state index contributed by atoms with van der Waals surface area (Å²) in [6.07, 6.45) is 1.25. The van der Waals surface area contributed by atoms with Crippen molar-refractivity contribution < 1.29 is 0 Å². The third-order valence-corrected chi connectivity index (χ3v) is 4.22. The SMILES string of the molecule is CNC(CCN1CCN(CC(C)C)CC1)C(C)(C)C. The van der Waals surface area contributed by atoms with E-state index in [1.54, 1.807) is 0 Å². The lowest BCUT2D eigenvalue weighted by atomic mass is 9.85. The summed E-state index contributed by atoms with van der Waals surface area (Å²) in [5.74, 6) is 0.793. The molecule has 114 valence electrons. The van der Waals surface area contributed by atoms with E-state index in [1.165, 1.54) is 45.7 Å². The van der Waals surface area contributed by atoms with Gasteiger partial charge in [0.25, 0.3) is 0 Å². The molecular formula is C16H35N3. The van der Waals surface area contributed by atoms with Crippen LogP contribution in [0.4, 0.5) is 0 Å². The van der Waals surface area contributed by atoms with Gasteiger partial charge in [0.15, 0.2) is 0 Å². The minimum absolute atomic E-state index is 0.355. The van der Waals surface area contributed by atoms with E-state index >= 15 is 0 Å². The Balaban J connectivity index is 2.26. The predicted octanol–water partition coefficient (Wildman–Crippen LogP) is 2.28. The summed E-state index contributed by atoms with van der Waals surface area (Å²) in [5.41, 5.74) is 0.355. The Hall–Kier alpha value is -0.120. The van der Waals surface area contributed by atoms with Gasteiger partial charge in [-0.3, -0.25) is 0 Å². The zero-order valence-corrected chi connectivity index (χ0v) is 14.0. The molecule has 1 unspecified atom stereocenters. The average Bonchev–Trinajstić information content (AvgIpc) is 2.29. The first-order valence-corrected chi connectivity index (χ1v) is 7.95. The lowest BCUT2D eigenvalue weighted by molar-refractivity contribution is 0.113. The predicted molar refractivity (Wildman–Crippen MR) is 84.6 cm³/mol. The number of nitrogens with zero attached hydrogens (tertiary/aromatic N) is 2. The summed E-state index contributed by atoms with van der Waals surface area (Å²) >= 11 is 0. The molecule has 0 spiro atoms. The maximum Gasteiger partial charge on any atom is 0.0125 e. The zero-order chi connectivity index (χ0) is 14.5. The van der Waals surface area contributed by atoms with Crippen LogP contribution in [0, 0.1) is 11.3 Å². The van der Waals surface area contributed by atoms with Crippen molar-refractivity contribution in [1.82, 2.24) is 15.1 Å². The molecule has 1 aliphatic heterocycles. The fourth-order valence-electron chi connectivity index (χ4n) is 3.03. The third-order valence-electron chi connectivity index (χ3n) is 4.22. The quantitative estimate of drug-likeness (QED) is 0.798. The lowest BCUT2D eigenvalue weighted by Crippen LogP contribution is -2.49. The van der Waals surface area contributed by atoms with Crippen LogP contribution >= 0.6 is 0 Å². The number of hydrogen-bond donors (Lipinski definition) is 1. The van der Waals surface area contributed by atoms with Gasteiger partial charge in [-0.15, -0.1) is 0 Å². The molecule has 1 atom stereocenters. The molecule has 1 N–H and O–H groups in total. The van der Waals surface area contributed by atoms with E-state index < -0.39 is 0 Å². The highest BCUT2D eigenvalue weighted by atomic mass is 15.3. The van der Waals surface area contributed by atoms with Gasteiger partial charge in [-0.25, -0.2) is 0 Å². The van der Waals surface area contributed by atoms with Gasteiger partial charge < -0.3 is 15.1 Å². The summed E-state index contributed by atoms with van der Waals surface area (Å²) in [4.78, 5) is 5.24. The molecule has 1 heterocycles. The Morgan fingerprint density at radius 1 is 1.00 bits per heavy atom. The van der Waals surface area contributed by atoms with Crippen molar-refractivity contribution in [2.75, 3.05) is 46.3 Å². The molecule has 0 aromatic rings. The van der Waals surface area contributed by atoms with E-state index in [0.717, 1.165) is 5.92 Å². The molecule has 1 fully saturated rings. The number of hydrogen-bond acceptors (Lipinski definition) is 3. The van der Waals surface area contributed by atoms with Crippen LogP contribution in [0.2, 0.25) is 0 Å². The third kappa shape index (κ3) is 6.24. The van der Waals surface area contributed by atoms with Crippen molar-refractivity contribution >= 4 is 0 Å². The Morgan fingerprint density at radius 3 is 1.95 bits per heavy atom. The van der Waals surface area contributed by atoms with E-state index in [4.69, 9.17) is 0 Å². The highest BCUT2D eigenvalue weighted by Gasteiger charge is 2.24. The fourth-order valence-corrected chi connectivity index (χ4v) is 3.03. The van der Waals surface area contributed by atoms with Gasteiger partial charge >= 0.3 is 0 Å². The molecule has 3 nitrogen and oxygen atoms in total. The molecule has 0 saturated carbocycles. The molecule has 1 aliphatic rings. The van der Waals surface area contributed by atoms with Crippen LogP contribution in [0.5, 0.6) is 0 Å². The van der Waals surface area contributed by atoms with E-state index in [9.17, 15) is 0 Å². The first kappa shape index (κ1) is 16.9. The maximum absolute atomic E-state index is 3.48. The Morgan fingerprint density at radius 2 is 1.53 bits per heavy atom. The highest BCUT2D eigenvalue weighted by Crippen LogP contribution is 2.21. The van der Waals surface area contributed by atoms with Crippen LogP contribution in [-0.4, -0.2) is 62.2 Å². The monoisotopic (exact) mass is 269 g/mol. The van der Waals surface area contributed by atoms with Gasteiger partial charge in [0.05, 0.1) is 0 Å². The van der Waals surface area contributed by atoms with Gasteiger partial charge in [-0.05, 0) is 31.3 Å². The minimum atomic E-state index is 0.355. The maximum atomic E-state index is 3.48. The van der Waals surface area contributed by atoms with Crippen molar-refractivity contribution in [2.45, 2.75) is 47.1 Å². The van der Waals surface area contributed by atoms with Crippen LogP contribution < -0.4 is 5.32 Å². The molecule has 3 heteroatoms. The van der Waals surface area contributed by atoms with Crippen molar-refractivity contribution in [3.8, 4) is 0 Å². The summed E-state index contributed by atoms with van der Waals surface area (Å²) in [5, 5.41) is 3.48. The molecule has 1 saturated heterocycles. The molecule has 0 aromatic carbocycles. The van der Waals surface area contributed by atoms with Crippen LogP contribution in [0.25, 0.3) is 0 Å². The topological polar surface area (TPSA) is 18.5 Å². The summed E-state index contributed by atoms with van der Waals surface area (Å²) in [6.45, 7) is 19.1. The lowest BCUT2D eigenvalue weighted by Gasteiger charge is -2.37. The standard InChI is InChI=1S/C16H35N3/c1-14(2)13-19-11-9-18(10-12-19)8-7-15(17-6)16(3,4)5/h14-15,17H,7-13H2,1-6H3. The number of piperazine rings is 1. The van der Waals surface area contributed by atoms with Gasteiger partial charge in [-0.1, -0.05) is 34.6 Å². The first-order valence-electron chi connectivity index (χ1n) is 7.95. The molecular weight excluding hydrogens is 234 g/mol. The molecule has 0 aliphatic carbocycles. The summed E-state index contributed by atoms with van der Waals surface area (Å²) < 4.78 is 0. The average molecular weight is 269 g/mol. The number of nitrogens with one attached hydrogen (secondary N) is 1. The smallest absolute Gasteiger partial charge is 0.0125 e. The van der Waals surface area contributed by atoms with Crippen molar-refractivity contribution in [3.63, 3.8) is 0 Å². The van der Waals surface area contributed by atoms with Gasteiger partial charge in [-0.2, -0.15) is 0 Å². The van der Waals surface area contributed by atoms with E-state index in [2.05, 4.69) is 56.8 Å². The van der Waals surface area contributed by atoms with Crippen LogP contribution in [-0.2, 0) is 0 Å². The second kappa shape index (κ2) is 7.61. The fraction of sp³-hybridized carbons (Fsp3) is 1.00. The van der Waals surface area contributed by atoms with Crippen LogP contribution in [0.3, 0.4) is 0 Å². The molecule has 0 amide bonds. The largest absolute Gasteiger partial charge is 0.316 e. The first-order chi connectivity index (χ1) is 8.82. The van der Waals surface area contributed by atoms with Gasteiger partial charge in [0.1, 0.15) is 0 Å². The van der Waals surface area contributed by atoms with E-state index in [-0.39, 0.29) is 0 Å². The molecule has 0 radical (unpaired) electrons. The zero-order valence-electron chi connectivity index (χ0n) is 14.0. The molecule has 0 aromatic heterocycles. The Labute approximate surface area is 120 Å². The molecule has 19 heavy (non-hydrogen) atoms. The Bertz CT molecular complexity index is 237. The van der Waals surface area contributed by atoms with Crippen LogP contribution in [0.1, 0.15) is 41.0 Å². The van der Waals surface area contributed by atoms with Crippen molar-refractivity contribution in [2.24, 2.45) is 11.3 Å². The highest BCUT2D eigenvalue weighted by molar-refractivity contribution is 4.81. The van der Waals surface area contributed by atoms with Gasteiger partial charge in [0, 0.05) is 38.8 Å². The van der Waals surface area contributed by atoms with Gasteiger partial charge in [0.2, 0.25) is 0 Å². The van der Waals surface area contributed by atoms with E-state index in [0.29, 0.717) is 11.5 Å². The molecule has 1 rings (SSSR count). The second-order valence-electron chi connectivity index (χ2n) is 7.53. The molecule has 0 bridgehead atoms.